The summed E-state index contributed by atoms with van der Waals surface area (Å²) in [6.45, 7) is 1.42. The summed E-state index contributed by atoms with van der Waals surface area (Å²) in [5.74, 6) is 0.900. The molecule has 0 bridgehead atoms. The summed E-state index contributed by atoms with van der Waals surface area (Å²) in [6.07, 6.45) is 7.40. The molecule has 3 nitrogen and oxygen atoms in total. The van der Waals surface area contributed by atoms with Crippen molar-refractivity contribution in [1.82, 2.24) is 5.32 Å². The highest BCUT2D eigenvalue weighted by Crippen LogP contribution is 2.28. The summed E-state index contributed by atoms with van der Waals surface area (Å²) in [5, 5.41) is 6.30. The first-order valence-corrected chi connectivity index (χ1v) is 7.44. The molecule has 2 aliphatic carbocycles. The van der Waals surface area contributed by atoms with E-state index in [-0.39, 0.29) is 18.3 Å². The van der Waals surface area contributed by atoms with Crippen LogP contribution in [0.5, 0.6) is 0 Å². The van der Waals surface area contributed by atoms with Gasteiger partial charge in [0.2, 0.25) is 5.91 Å². The molecule has 0 spiro atoms. The third-order valence-corrected chi connectivity index (χ3v) is 4.09. The lowest BCUT2D eigenvalue weighted by Crippen LogP contribution is -2.30. The number of nitrogens with one attached hydrogen (secondary N) is 2. The molecule has 4 heteroatoms. The number of amides is 1. The van der Waals surface area contributed by atoms with E-state index in [0.717, 1.165) is 31.0 Å². The Labute approximate surface area is 126 Å². The smallest absolute Gasteiger partial charge is 0.238 e. The van der Waals surface area contributed by atoms with E-state index >= 15 is 0 Å². The van der Waals surface area contributed by atoms with E-state index in [4.69, 9.17) is 0 Å². The molecule has 0 unspecified atom stereocenters. The Bertz CT molecular complexity index is 472. The molecule has 0 aliphatic heterocycles. The minimum atomic E-state index is 0. The Morgan fingerprint density at radius 1 is 1.20 bits per heavy atom. The fourth-order valence-corrected chi connectivity index (χ4v) is 2.80. The molecule has 110 valence electrons. The van der Waals surface area contributed by atoms with Crippen LogP contribution in [0, 0.1) is 5.92 Å². The fourth-order valence-electron chi connectivity index (χ4n) is 2.80. The highest BCUT2D eigenvalue weighted by Gasteiger charge is 2.20. The second-order valence-electron chi connectivity index (χ2n) is 5.77. The quantitative estimate of drug-likeness (QED) is 0.877. The van der Waals surface area contributed by atoms with Crippen LogP contribution >= 0.6 is 12.4 Å². The zero-order valence-corrected chi connectivity index (χ0v) is 12.6. The third kappa shape index (κ3) is 3.97. The molecule has 0 heterocycles. The highest BCUT2D eigenvalue weighted by atomic mass is 35.5. The summed E-state index contributed by atoms with van der Waals surface area (Å²) in [6, 6.07) is 6.27. The van der Waals surface area contributed by atoms with E-state index in [1.165, 1.54) is 36.8 Å². The summed E-state index contributed by atoms with van der Waals surface area (Å²) < 4.78 is 0. The third-order valence-electron chi connectivity index (χ3n) is 4.09. The topological polar surface area (TPSA) is 41.1 Å². The highest BCUT2D eigenvalue weighted by molar-refractivity contribution is 5.93. The first kappa shape index (κ1) is 15.3. The van der Waals surface area contributed by atoms with Crippen molar-refractivity contribution < 1.29 is 4.79 Å². The molecule has 0 radical (unpaired) electrons. The Morgan fingerprint density at radius 3 is 2.80 bits per heavy atom. The summed E-state index contributed by atoms with van der Waals surface area (Å²) in [5.41, 5.74) is 3.79. The molecule has 1 aromatic carbocycles. The summed E-state index contributed by atoms with van der Waals surface area (Å²) >= 11 is 0. The second kappa shape index (κ2) is 7.09. The second-order valence-corrected chi connectivity index (χ2v) is 5.77. The van der Waals surface area contributed by atoms with Crippen molar-refractivity contribution in [1.29, 1.82) is 0 Å². The van der Waals surface area contributed by atoms with Gasteiger partial charge in [-0.15, -0.1) is 12.4 Å². The number of aryl methyl sites for hydroxylation is 1. The number of hydrogen-bond acceptors (Lipinski definition) is 2. The van der Waals surface area contributed by atoms with Gasteiger partial charge >= 0.3 is 0 Å². The van der Waals surface area contributed by atoms with E-state index in [1.807, 2.05) is 6.07 Å². The number of anilines is 1. The molecular formula is C16H23ClN2O. The van der Waals surface area contributed by atoms with Crippen LogP contribution in [-0.4, -0.2) is 19.0 Å². The first-order chi connectivity index (χ1) is 9.33. The van der Waals surface area contributed by atoms with Gasteiger partial charge in [-0.2, -0.15) is 0 Å². The van der Waals surface area contributed by atoms with Gasteiger partial charge in [-0.05, 0) is 68.2 Å². The Morgan fingerprint density at radius 2 is 2.00 bits per heavy atom. The predicted octanol–water partition coefficient (Wildman–Crippen LogP) is 2.93. The standard InChI is InChI=1S/C16H22N2O.ClH/c19-16(11-17-10-12-8-9-12)18-15-7-3-5-13-4-1-2-6-14(13)15;/h3,5,7,12,17H,1-2,4,6,8-11H2,(H,18,19);1H. The molecule has 0 saturated heterocycles. The Hall–Kier alpha value is -1.06. The van der Waals surface area contributed by atoms with Crippen molar-refractivity contribution in [2.75, 3.05) is 18.4 Å². The van der Waals surface area contributed by atoms with Gasteiger partial charge in [0.05, 0.1) is 6.54 Å². The molecule has 1 fully saturated rings. The van der Waals surface area contributed by atoms with E-state index in [2.05, 4.69) is 22.8 Å². The zero-order valence-electron chi connectivity index (χ0n) is 11.8. The molecule has 0 aromatic heterocycles. The van der Waals surface area contributed by atoms with Crippen LogP contribution in [0.3, 0.4) is 0 Å². The van der Waals surface area contributed by atoms with Crippen LogP contribution in [0.1, 0.15) is 36.8 Å². The van der Waals surface area contributed by atoms with Crippen LogP contribution < -0.4 is 10.6 Å². The van der Waals surface area contributed by atoms with Gasteiger partial charge in [-0.3, -0.25) is 4.79 Å². The monoisotopic (exact) mass is 294 g/mol. The van der Waals surface area contributed by atoms with Gasteiger partial charge in [0, 0.05) is 5.69 Å². The lowest BCUT2D eigenvalue weighted by Gasteiger charge is -2.19. The van der Waals surface area contributed by atoms with Crippen LogP contribution in [0.4, 0.5) is 5.69 Å². The fraction of sp³-hybridized carbons (Fsp3) is 0.562. The molecule has 3 rings (SSSR count). The van der Waals surface area contributed by atoms with Gasteiger partial charge < -0.3 is 10.6 Å². The lowest BCUT2D eigenvalue weighted by atomic mass is 9.90. The maximum absolute atomic E-state index is 11.9. The number of carbonyl (C=O) groups excluding carboxylic acids is 1. The van der Waals surface area contributed by atoms with Gasteiger partial charge in [0.1, 0.15) is 0 Å². The maximum Gasteiger partial charge on any atom is 0.238 e. The van der Waals surface area contributed by atoms with E-state index in [1.54, 1.807) is 0 Å². The first-order valence-electron chi connectivity index (χ1n) is 7.44. The minimum absolute atomic E-state index is 0. The van der Waals surface area contributed by atoms with E-state index in [0.29, 0.717) is 6.54 Å². The predicted molar refractivity (Wildman–Crippen MR) is 84.6 cm³/mol. The molecule has 0 atom stereocenters. The van der Waals surface area contributed by atoms with Crippen molar-refractivity contribution >= 4 is 24.0 Å². The Kier molecular flexibility index (Phi) is 5.44. The maximum atomic E-state index is 11.9. The van der Waals surface area contributed by atoms with Crippen molar-refractivity contribution in [3.63, 3.8) is 0 Å². The average molecular weight is 295 g/mol. The number of rotatable bonds is 5. The number of halogens is 1. The van der Waals surface area contributed by atoms with Crippen LogP contribution in [0.15, 0.2) is 18.2 Å². The Balaban J connectivity index is 0.00000147. The number of fused-ring (bicyclic) bond motifs is 1. The van der Waals surface area contributed by atoms with Gasteiger partial charge in [0.15, 0.2) is 0 Å². The van der Waals surface area contributed by atoms with E-state index in [9.17, 15) is 4.79 Å². The summed E-state index contributed by atoms with van der Waals surface area (Å²) in [4.78, 5) is 11.9. The summed E-state index contributed by atoms with van der Waals surface area (Å²) in [7, 11) is 0. The van der Waals surface area contributed by atoms with Crippen molar-refractivity contribution in [3.05, 3.63) is 29.3 Å². The van der Waals surface area contributed by atoms with Crippen molar-refractivity contribution in [2.45, 2.75) is 38.5 Å². The largest absolute Gasteiger partial charge is 0.325 e. The van der Waals surface area contributed by atoms with Crippen LogP contribution in [0.25, 0.3) is 0 Å². The number of benzene rings is 1. The zero-order chi connectivity index (χ0) is 13.1. The number of carbonyl (C=O) groups is 1. The van der Waals surface area contributed by atoms with E-state index < -0.39 is 0 Å². The van der Waals surface area contributed by atoms with Crippen LogP contribution in [0.2, 0.25) is 0 Å². The SMILES string of the molecule is Cl.O=C(CNCC1CC1)Nc1cccc2c1CCCC2. The van der Waals surface area contributed by atoms with Crippen molar-refractivity contribution in [2.24, 2.45) is 5.92 Å². The molecule has 1 amide bonds. The number of hydrogen-bond donors (Lipinski definition) is 2. The molecular weight excluding hydrogens is 272 g/mol. The molecule has 20 heavy (non-hydrogen) atoms. The van der Waals surface area contributed by atoms with Gasteiger partial charge in [-0.1, -0.05) is 12.1 Å². The normalized spacial score (nSPS) is 17.0. The van der Waals surface area contributed by atoms with Gasteiger partial charge in [0.25, 0.3) is 0 Å². The average Bonchev–Trinajstić information content (AvgIpc) is 3.23. The molecule has 1 saturated carbocycles. The van der Waals surface area contributed by atoms with Crippen molar-refractivity contribution in [3.8, 4) is 0 Å². The van der Waals surface area contributed by atoms with Crippen LogP contribution in [-0.2, 0) is 17.6 Å². The minimum Gasteiger partial charge on any atom is -0.325 e. The van der Waals surface area contributed by atoms with Gasteiger partial charge in [-0.25, -0.2) is 0 Å². The molecule has 2 aliphatic rings. The molecule has 2 N–H and O–H groups in total. The molecule has 1 aromatic rings. The lowest BCUT2D eigenvalue weighted by molar-refractivity contribution is -0.115.